The van der Waals surface area contributed by atoms with Crippen LogP contribution < -0.4 is 0 Å². The standard InChI is InChI=1S/C15H22O2/c1-3-4-5-6-11-17-12-15(16)14-9-7-13(2)8-10-14/h7-10H,3-6,11-12H2,1-2H3. The van der Waals surface area contributed by atoms with Crippen molar-refractivity contribution in [2.45, 2.75) is 39.5 Å². The minimum atomic E-state index is 0.0699. The van der Waals surface area contributed by atoms with E-state index < -0.39 is 0 Å². The van der Waals surface area contributed by atoms with E-state index in [9.17, 15) is 4.79 Å². The van der Waals surface area contributed by atoms with Gasteiger partial charge >= 0.3 is 0 Å². The maximum atomic E-state index is 11.7. The summed E-state index contributed by atoms with van der Waals surface area (Å²) in [6, 6.07) is 7.62. The lowest BCUT2D eigenvalue weighted by Crippen LogP contribution is -2.09. The Hall–Kier alpha value is -1.15. The van der Waals surface area contributed by atoms with Crippen LogP contribution in [0.2, 0.25) is 0 Å². The smallest absolute Gasteiger partial charge is 0.188 e. The van der Waals surface area contributed by atoms with Crippen LogP contribution in [0.3, 0.4) is 0 Å². The van der Waals surface area contributed by atoms with Crippen LogP contribution in [0.5, 0.6) is 0 Å². The summed E-state index contributed by atoms with van der Waals surface area (Å²) in [4.78, 5) is 11.7. The summed E-state index contributed by atoms with van der Waals surface area (Å²) in [6.07, 6.45) is 4.71. The normalized spacial score (nSPS) is 10.5. The van der Waals surface area contributed by atoms with Gasteiger partial charge in [-0.1, -0.05) is 56.0 Å². The number of benzene rings is 1. The number of hydrogen-bond acceptors (Lipinski definition) is 2. The first-order chi connectivity index (χ1) is 8.24. The second kappa shape index (κ2) is 8.02. The molecule has 0 aliphatic heterocycles. The quantitative estimate of drug-likeness (QED) is 0.505. The third-order valence-electron chi connectivity index (χ3n) is 2.75. The van der Waals surface area contributed by atoms with E-state index in [1.165, 1.54) is 24.8 Å². The average Bonchev–Trinajstić information content (AvgIpc) is 2.34. The number of ketones is 1. The summed E-state index contributed by atoms with van der Waals surface area (Å²) < 4.78 is 5.38. The van der Waals surface area contributed by atoms with Crippen LogP contribution in [-0.4, -0.2) is 19.0 Å². The van der Waals surface area contributed by atoms with Gasteiger partial charge in [-0.2, -0.15) is 0 Å². The average molecular weight is 234 g/mol. The van der Waals surface area contributed by atoms with Crippen LogP contribution in [0.15, 0.2) is 24.3 Å². The Morgan fingerprint density at radius 1 is 1.12 bits per heavy atom. The van der Waals surface area contributed by atoms with Crippen molar-refractivity contribution in [1.29, 1.82) is 0 Å². The predicted molar refractivity (Wildman–Crippen MR) is 70.5 cm³/mol. The number of carbonyl (C=O) groups excluding carboxylic acids is 1. The van der Waals surface area contributed by atoms with E-state index in [2.05, 4.69) is 6.92 Å². The molecule has 0 unspecified atom stereocenters. The fourth-order valence-corrected chi connectivity index (χ4v) is 1.62. The lowest BCUT2D eigenvalue weighted by molar-refractivity contribution is 0.0752. The van der Waals surface area contributed by atoms with Gasteiger partial charge in [0.1, 0.15) is 6.61 Å². The number of hydrogen-bond donors (Lipinski definition) is 0. The van der Waals surface area contributed by atoms with Gasteiger partial charge in [0.2, 0.25) is 0 Å². The van der Waals surface area contributed by atoms with Crippen LogP contribution in [0.25, 0.3) is 0 Å². The van der Waals surface area contributed by atoms with Crippen molar-refractivity contribution >= 4 is 5.78 Å². The number of Topliss-reactive ketones (excluding diaryl/α,β-unsaturated/α-hetero) is 1. The third kappa shape index (κ3) is 5.64. The maximum absolute atomic E-state index is 11.7. The fourth-order valence-electron chi connectivity index (χ4n) is 1.62. The molecule has 0 aromatic heterocycles. The molecule has 0 saturated heterocycles. The van der Waals surface area contributed by atoms with Crippen LogP contribution in [0.1, 0.15) is 48.5 Å². The molecule has 17 heavy (non-hydrogen) atoms. The molecule has 0 aliphatic rings. The molecule has 1 rings (SSSR count). The van der Waals surface area contributed by atoms with Gasteiger partial charge < -0.3 is 4.74 Å². The van der Waals surface area contributed by atoms with E-state index in [-0.39, 0.29) is 12.4 Å². The number of rotatable bonds is 8. The summed E-state index contributed by atoms with van der Waals surface area (Å²) in [7, 11) is 0. The molecule has 94 valence electrons. The molecule has 1 aromatic carbocycles. The topological polar surface area (TPSA) is 26.3 Å². The van der Waals surface area contributed by atoms with Gasteiger partial charge in [-0.3, -0.25) is 4.79 Å². The number of aryl methyl sites for hydroxylation is 1. The van der Waals surface area contributed by atoms with Crippen molar-refractivity contribution in [2.75, 3.05) is 13.2 Å². The van der Waals surface area contributed by atoms with Crippen molar-refractivity contribution in [1.82, 2.24) is 0 Å². The zero-order valence-corrected chi connectivity index (χ0v) is 10.9. The molecule has 0 spiro atoms. The highest BCUT2D eigenvalue weighted by atomic mass is 16.5. The first kappa shape index (κ1) is 13.9. The number of unbranched alkanes of at least 4 members (excludes halogenated alkanes) is 3. The Labute approximate surface area is 104 Å². The van der Waals surface area contributed by atoms with Crippen molar-refractivity contribution in [2.24, 2.45) is 0 Å². The zero-order chi connectivity index (χ0) is 12.5. The lowest BCUT2D eigenvalue weighted by Gasteiger charge is -2.04. The second-order valence-electron chi connectivity index (χ2n) is 4.40. The van der Waals surface area contributed by atoms with Gasteiger partial charge in [-0.15, -0.1) is 0 Å². The maximum Gasteiger partial charge on any atom is 0.188 e. The summed E-state index contributed by atoms with van der Waals surface area (Å²) in [5.74, 6) is 0.0699. The molecule has 2 nitrogen and oxygen atoms in total. The molecule has 0 saturated carbocycles. The van der Waals surface area contributed by atoms with Crippen LogP contribution >= 0.6 is 0 Å². The van der Waals surface area contributed by atoms with Crippen molar-refractivity contribution in [3.63, 3.8) is 0 Å². The molecule has 0 heterocycles. The largest absolute Gasteiger partial charge is 0.373 e. The number of carbonyl (C=O) groups is 1. The van der Waals surface area contributed by atoms with Gasteiger partial charge in [-0.05, 0) is 13.3 Å². The SMILES string of the molecule is CCCCCCOCC(=O)c1ccc(C)cc1. The fraction of sp³-hybridized carbons (Fsp3) is 0.533. The van der Waals surface area contributed by atoms with E-state index >= 15 is 0 Å². The van der Waals surface area contributed by atoms with E-state index in [1.807, 2.05) is 31.2 Å². The third-order valence-corrected chi connectivity index (χ3v) is 2.75. The minimum Gasteiger partial charge on any atom is -0.373 e. The first-order valence-corrected chi connectivity index (χ1v) is 6.41. The molecule has 0 aliphatic carbocycles. The Balaban J connectivity index is 2.19. The molecular weight excluding hydrogens is 212 g/mol. The molecule has 0 amide bonds. The van der Waals surface area contributed by atoms with Gasteiger partial charge in [0.15, 0.2) is 5.78 Å². The molecule has 0 bridgehead atoms. The summed E-state index contributed by atoms with van der Waals surface area (Å²) in [5, 5.41) is 0. The molecule has 0 radical (unpaired) electrons. The number of ether oxygens (including phenoxy) is 1. The van der Waals surface area contributed by atoms with Gasteiger partial charge in [-0.25, -0.2) is 0 Å². The van der Waals surface area contributed by atoms with Crippen LogP contribution in [0.4, 0.5) is 0 Å². The van der Waals surface area contributed by atoms with E-state index in [0.717, 1.165) is 12.0 Å². The molecule has 1 aromatic rings. The van der Waals surface area contributed by atoms with E-state index in [0.29, 0.717) is 6.61 Å². The van der Waals surface area contributed by atoms with Crippen LogP contribution in [-0.2, 0) is 4.74 Å². The lowest BCUT2D eigenvalue weighted by atomic mass is 10.1. The van der Waals surface area contributed by atoms with Crippen LogP contribution in [0, 0.1) is 6.92 Å². The minimum absolute atomic E-state index is 0.0699. The Morgan fingerprint density at radius 2 is 1.82 bits per heavy atom. The molecule has 0 atom stereocenters. The Bertz CT molecular complexity index is 327. The van der Waals surface area contributed by atoms with Crippen molar-refractivity contribution in [3.05, 3.63) is 35.4 Å². The van der Waals surface area contributed by atoms with Gasteiger partial charge in [0.05, 0.1) is 0 Å². The summed E-state index contributed by atoms with van der Waals surface area (Å²) >= 11 is 0. The molecular formula is C15H22O2. The molecule has 2 heteroatoms. The molecule has 0 fully saturated rings. The highest BCUT2D eigenvalue weighted by Crippen LogP contribution is 2.05. The molecule has 0 N–H and O–H groups in total. The Kier molecular flexibility index (Phi) is 6.56. The predicted octanol–water partition coefficient (Wildman–Crippen LogP) is 3.77. The zero-order valence-electron chi connectivity index (χ0n) is 10.9. The van der Waals surface area contributed by atoms with Gasteiger partial charge in [0, 0.05) is 12.2 Å². The first-order valence-electron chi connectivity index (χ1n) is 6.41. The highest BCUT2D eigenvalue weighted by Gasteiger charge is 2.04. The van der Waals surface area contributed by atoms with Crippen molar-refractivity contribution in [3.8, 4) is 0 Å². The van der Waals surface area contributed by atoms with Crippen molar-refractivity contribution < 1.29 is 9.53 Å². The van der Waals surface area contributed by atoms with E-state index in [4.69, 9.17) is 4.74 Å². The van der Waals surface area contributed by atoms with E-state index in [1.54, 1.807) is 0 Å². The monoisotopic (exact) mass is 234 g/mol. The Morgan fingerprint density at radius 3 is 2.47 bits per heavy atom. The highest BCUT2D eigenvalue weighted by molar-refractivity contribution is 5.97. The van der Waals surface area contributed by atoms with Gasteiger partial charge in [0.25, 0.3) is 0 Å². The summed E-state index contributed by atoms with van der Waals surface area (Å²) in [6.45, 7) is 5.09. The summed E-state index contributed by atoms with van der Waals surface area (Å²) in [5.41, 5.74) is 1.91. The second-order valence-corrected chi connectivity index (χ2v) is 4.40.